The number of amides is 1. The molecule has 3 nitrogen and oxygen atoms in total. The maximum absolute atomic E-state index is 13.5. The van der Waals surface area contributed by atoms with Crippen LogP contribution in [0.1, 0.15) is 36.0 Å². The molecule has 0 saturated carbocycles. The van der Waals surface area contributed by atoms with Gasteiger partial charge in [0.15, 0.2) is 0 Å². The van der Waals surface area contributed by atoms with Crippen molar-refractivity contribution in [3.05, 3.63) is 33.6 Å². The molecule has 110 valence electrons. The molecule has 1 aromatic rings. The molecule has 1 unspecified atom stereocenters. The number of rotatable bonds is 2. The molecule has 0 aromatic heterocycles. The summed E-state index contributed by atoms with van der Waals surface area (Å²) in [6.07, 6.45) is 3.60. The standard InChI is InChI=1S/C14H16Cl2FNO2/c15-11-7-12(16)13(17)6-10(11)14(20)18-5-3-1-2-4-9(18)8-19/h6-7,9,19H,1-5,8H2. The van der Waals surface area contributed by atoms with Crippen molar-refractivity contribution < 1.29 is 14.3 Å². The molecule has 0 radical (unpaired) electrons. The molecule has 1 amide bonds. The maximum Gasteiger partial charge on any atom is 0.255 e. The molecule has 1 saturated heterocycles. The quantitative estimate of drug-likeness (QED) is 0.847. The Bertz CT molecular complexity index is 510. The Labute approximate surface area is 127 Å². The normalized spacial score (nSPS) is 19.8. The van der Waals surface area contributed by atoms with Gasteiger partial charge >= 0.3 is 0 Å². The highest BCUT2D eigenvalue weighted by Crippen LogP contribution is 2.27. The first-order chi connectivity index (χ1) is 9.54. The summed E-state index contributed by atoms with van der Waals surface area (Å²) < 4.78 is 13.5. The van der Waals surface area contributed by atoms with E-state index in [0.29, 0.717) is 6.54 Å². The molecule has 20 heavy (non-hydrogen) atoms. The fraction of sp³-hybridized carbons (Fsp3) is 0.500. The van der Waals surface area contributed by atoms with Crippen LogP contribution in [-0.4, -0.2) is 35.1 Å². The molecule has 1 fully saturated rings. The van der Waals surface area contributed by atoms with Crippen LogP contribution in [0.2, 0.25) is 10.0 Å². The van der Waals surface area contributed by atoms with Crippen molar-refractivity contribution in [2.45, 2.75) is 31.7 Å². The topological polar surface area (TPSA) is 40.5 Å². The van der Waals surface area contributed by atoms with E-state index in [1.165, 1.54) is 6.07 Å². The molecule has 1 atom stereocenters. The van der Waals surface area contributed by atoms with Crippen molar-refractivity contribution in [1.29, 1.82) is 0 Å². The van der Waals surface area contributed by atoms with Crippen LogP contribution in [0.5, 0.6) is 0 Å². The highest BCUT2D eigenvalue weighted by molar-refractivity contribution is 6.36. The zero-order valence-electron chi connectivity index (χ0n) is 10.9. The molecule has 1 aliphatic rings. The van der Waals surface area contributed by atoms with Gasteiger partial charge in [0.2, 0.25) is 0 Å². The van der Waals surface area contributed by atoms with Gasteiger partial charge < -0.3 is 10.0 Å². The SMILES string of the molecule is O=C(c1cc(F)c(Cl)cc1Cl)N1CCCCCC1CO. The molecule has 1 aliphatic heterocycles. The third kappa shape index (κ3) is 3.25. The van der Waals surface area contributed by atoms with Crippen molar-refractivity contribution in [2.24, 2.45) is 0 Å². The largest absolute Gasteiger partial charge is 0.394 e. The van der Waals surface area contributed by atoms with Gasteiger partial charge in [-0.25, -0.2) is 4.39 Å². The summed E-state index contributed by atoms with van der Waals surface area (Å²) in [5, 5.41) is 9.45. The fourth-order valence-corrected chi connectivity index (χ4v) is 2.94. The average Bonchev–Trinajstić information content (AvgIpc) is 2.67. The number of nitrogens with zero attached hydrogens (tertiary/aromatic N) is 1. The fourth-order valence-electron chi connectivity index (χ4n) is 2.48. The molecule has 0 spiro atoms. The van der Waals surface area contributed by atoms with Gasteiger partial charge in [0, 0.05) is 6.54 Å². The van der Waals surface area contributed by atoms with Crippen molar-refractivity contribution in [3.63, 3.8) is 0 Å². The lowest BCUT2D eigenvalue weighted by molar-refractivity contribution is 0.0599. The predicted octanol–water partition coefficient (Wildman–Crippen LogP) is 3.51. The number of aliphatic hydroxyl groups excluding tert-OH is 1. The van der Waals surface area contributed by atoms with E-state index < -0.39 is 5.82 Å². The van der Waals surface area contributed by atoms with Crippen LogP contribution in [-0.2, 0) is 0 Å². The van der Waals surface area contributed by atoms with Gasteiger partial charge in [-0.2, -0.15) is 0 Å². The second-order valence-electron chi connectivity index (χ2n) is 4.93. The molecule has 1 N–H and O–H groups in total. The molecule has 0 bridgehead atoms. The number of halogens is 3. The Morgan fingerprint density at radius 2 is 2.05 bits per heavy atom. The van der Waals surface area contributed by atoms with E-state index in [1.807, 2.05) is 0 Å². The second kappa shape index (κ2) is 6.74. The van der Waals surface area contributed by atoms with Gasteiger partial charge in [0.05, 0.1) is 28.3 Å². The van der Waals surface area contributed by atoms with E-state index in [4.69, 9.17) is 23.2 Å². The maximum atomic E-state index is 13.5. The molecule has 6 heteroatoms. The van der Waals surface area contributed by atoms with Gasteiger partial charge in [0.1, 0.15) is 5.82 Å². The lowest BCUT2D eigenvalue weighted by atomic mass is 10.1. The molecular weight excluding hydrogens is 304 g/mol. The van der Waals surface area contributed by atoms with Crippen LogP contribution < -0.4 is 0 Å². The Kier molecular flexibility index (Phi) is 5.24. The third-order valence-electron chi connectivity index (χ3n) is 3.59. The van der Waals surface area contributed by atoms with Gasteiger partial charge in [-0.1, -0.05) is 36.0 Å². The van der Waals surface area contributed by atoms with E-state index >= 15 is 0 Å². The van der Waals surface area contributed by atoms with E-state index in [-0.39, 0.29) is 34.2 Å². The van der Waals surface area contributed by atoms with Crippen LogP contribution in [0.3, 0.4) is 0 Å². The number of benzene rings is 1. The highest BCUT2D eigenvalue weighted by atomic mass is 35.5. The lowest BCUT2D eigenvalue weighted by Crippen LogP contribution is -2.42. The molecule has 0 aliphatic carbocycles. The number of hydrogen-bond acceptors (Lipinski definition) is 2. The van der Waals surface area contributed by atoms with Crippen LogP contribution in [0.15, 0.2) is 12.1 Å². The predicted molar refractivity (Wildman–Crippen MR) is 76.8 cm³/mol. The summed E-state index contributed by atoms with van der Waals surface area (Å²) >= 11 is 11.6. The van der Waals surface area contributed by atoms with Gasteiger partial charge in [0.25, 0.3) is 5.91 Å². The van der Waals surface area contributed by atoms with E-state index in [2.05, 4.69) is 0 Å². The summed E-state index contributed by atoms with van der Waals surface area (Å²) in [4.78, 5) is 14.1. The van der Waals surface area contributed by atoms with Crippen molar-refractivity contribution in [3.8, 4) is 0 Å². The Hall–Kier alpha value is -0.840. The summed E-state index contributed by atoms with van der Waals surface area (Å²) in [5.74, 6) is -1.03. The monoisotopic (exact) mass is 319 g/mol. The summed E-state index contributed by atoms with van der Waals surface area (Å²) in [7, 11) is 0. The van der Waals surface area contributed by atoms with Crippen LogP contribution >= 0.6 is 23.2 Å². The van der Waals surface area contributed by atoms with E-state index in [9.17, 15) is 14.3 Å². The first kappa shape index (κ1) is 15.5. The second-order valence-corrected chi connectivity index (χ2v) is 5.74. The molecular formula is C14H16Cl2FNO2. The lowest BCUT2D eigenvalue weighted by Gasteiger charge is -2.29. The van der Waals surface area contributed by atoms with E-state index in [0.717, 1.165) is 31.7 Å². The minimum absolute atomic E-state index is 0.0916. The third-order valence-corrected chi connectivity index (χ3v) is 4.19. The number of hydrogen-bond donors (Lipinski definition) is 1. The minimum Gasteiger partial charge on any atom is -0.394 e. The average molecular weight is 320 g/mol. The smallest absolute Gasteiger partial charge is 0.255 e. The Morgan fingerprint density at radius 3 is 2.75 bits per heavy atom. The van der Waals surface area contributed by atoms with Crippen molar-refractivity contribution in [2.75, 3.05) is 13.2 Å². The highest BCUT2D eigenvalue weighted by Gasteiger charge is 2.27. The van der Waals surface area contributed by atoms with Gasteiger partial charge in [-0.3, -0.25) is 4.79 Å². The van der Waals surface area contributed by atoms with Crippen LogP contribution in [0.25, 0.3) is 0 Å². The summed E-state index contributed by atoms with van der Waals surface area (Å²) in [5.41, 5.74) is 0.0916. The zero-order valence-corrected chi connectivity index (χ0v) is 12.4. The number of aliphatic hydroxyl groups is 1. The zero-order chi connectivity index (χ0) is 14.7. The first-order valence-electron chi connectivity index (χ1n) is 6.61. The molecule has 2 rings (SSSR count). The Balaban J connectivity index is 2.31. The van der Waals surface area contributed by atoms with Crippen LogP contribution in [0.4, 0.5) is 4.39 Å². The van der Waals surface area contributed by atoms with Crippen molar-refractivity contribution in [1.82, 2.24) is 4.90 Å². The molecule has 1 aromatic carbocycles. The van der Waals surface area contributed by atoms with Crippen LogP contribution in [0, 0.1) is 5.82 Å². The first-order valence-corrected chi connectivity index (χ1v) is 7.36. The van der Waals surface area contributed by atoms with Gasteiger partial charge in [-0.05, 0) is 25.0 Å². The van der Waals surface area contributed by atoms with Crippen molar-refractivity contribution >= 4 is 29.1 Å². The van der Waals surface area contributed by atoms with E-state index in [1.54, 1.807) is 4.90 Å². The Morgan fingerprint density at radius 1 is 1.30 bits per heavy atom. The molecule has 1 heterocycles. The number of carbonyl (C=O) groups is 1. The summed E-state index contributed by atoms with van der Waals surface area (Å²) in [6.45, 7) is 0.448. The minimum atomic E-state index is -0.671. The number of carbonyl (C=O) groups excluding carboxylic acids is 1. The summed E-state index contributed by atoms with van der Waals surface area (Å²) in [6, 6.07) is 2.06. The van der Waals surface area contributed by atoms with Gasteiger partial charge in [-0.15, -0.1) is 0 Å². The number of likely N-dealkylation sites (tertiary alicyclic amines) is 1.